The first kappa shape index (κ1) is 15.5. The van der Waals surface area contributed by atoms with Crippen LogP contribution in [0.15, 0.2) is 0 Å². The summed E-state index contributed by atoms with van der Waals surface area (Å²) in [6, 6.07) is 0. The first-order valence-electron chi connectivity index (χ1n) is 3.99. The highest BCUT2D eigenvalue weighted by atomic mass is 35.5. The molecule has 14 heavy (non-hydrogen) atoms. The van der Waals surface area contributed by atoms with Crippen molar-refractivity contribution in [3.63, 3.8) is 0 Å². The van der Waals surface area contributed by atoms with E-state index in [-0.39, 0.29) is 30.9 Å². The predicted molar refractivity (Wildman–Crippen MR) is 57.6 cm³/mol. The normalized spacial score (nSPS) is 10.0. The molecule has 6 heteroatoms. The van der Waals surface area contributed by atoms with Gasteiger partial charge in [-0.25, -0.2) is 0 Å². The van der Waals surface area contributed by atoms with Gasteiger partial charge < -0.3 is 15.4 Å². The van der Waals surface area contributed by atoms with Crippen molar-refractivity contribution >= 4 is 24.3 Å². The summed E-state index contributed by atoms with van der Waals surface area (Å²) in [5.41, 5.74) is 4.66. The molecule has 0 spiro atoms. The van der Waals surface area contributed by atoms with Crippen LogP contribution < -0.4 is 5.73 Å². The zero-order chi connectivity index (χ0) is 10.6. The van der Waals surface area contributed by atoms with Crippen molar-refractivity contribution in [1.82, 2.24) is 4.90 Å². The minimum absolute atomic E-state index is 0. The average molecular weight is 224 g/mol. The molecule has 0 amide bonds. The van der Waals surface area contributed by atoms with Gasteiger partial charge in [-0.15, -0.1) is 12.4 Å². The van der Waals surface area contributed by atoms with E-state index in [1.54, 1.807) is 27.8 Å². The van der Waals surface area contributed by atoms with Crippen LogP contribution in [-0.2, 0) is 9.53 Å². The zero-order valence-electron chi connectivity index (χ0n) is 8.96. The summed E-state index contributed by atoms with van der Waals surface area (Å²) in [6.07, 6.45) is 0. The van der Waals surface area contributed by atoms with Crippen molar-refractivity contribution in [2.24, 2.45) is 5.73 Å². The number of esters is 1. The summed E-state index contributed by atoms with van der Waals surface area (Å²) in [7, 11) is 1.56. The van der Waals surface area contributed by atoms with Gasteiger partial charge in [-0.2, -0.15) is 0 Å². The molecule has 0 radical (unpaired) electrons. The second kappa shape index (κ2) is 5.70. The number of carbonyl (C=O) groups is 1. The highest BCUT2D eigenvalue weighted by Gasteiger charge is 2.17. The third-order valence-corrected chi connectivity index (χ3v) is 1.20. The number of halogens is 1. The molecule has 0 aliphatic carbocycles. The molecule has 0 atom stereocenters. The molecule has 0 unspecified atom stereocenters. The van der Waals surface area contributed by atoms with E-state index in [0.29, 0.717) is 0 Å². The van der Waals surface area contributed by atoms with Crippen LogP contribution in [0.5, 0.6) is 0 Å². The minimum Gasteiger partial charge on any atom is -0.459 e. The molecular weight excluding hydrogens is 206 g/mol. The largest absolute Gasteiger partial charge is 0.459 e. The van der Waals surface area contributed by atoms with Crippen molar-refractivity contribution in [2.75, 3.05) is 13.6 Å². The second-order valence-corrected chi connectivity index (χ2v) is 3.83. The van der Waals surface area contributed by atoms with Crippen LogP contribution in [0.2, 0.25) is 0 Å². The topological polar surface area (TPSA) is 79.4 Å². The molecule has 84 valence electrons. The highest BCUT2D eigenvalue weighted by molar-refractivity contribution is 5.85. The lowest BCUT2D eigenvalue weighted by atomic mass is 10.2. The van der Waals surface area contributed by atoms with Crippen molar-refractivity contribution in [2.45, 2.75) is 26.4 Å². The van der Waals surface area contributed by atoms with E-state index in [2.05, 4.69) is 0 Å². The third kappa shape index (κ3) is 7.67. The molecule has 0 aromatic rings. The van der Waals surface area contributed by atoms with Gasteiger partial charge in [-0.05, 0) is 20.8 Å². The fourth-order valence-corrected chi connectivity index (χ4v) is 0.653. The zero-order valence-corrected chi connectivity index (χ0v) is 9.77. The molecule has 3 N–H and O–H groups in total. The number of ether oxygens (including phenoxy) is 1. The Hall–Kier alpha value is -0.970. The summed E-state index contributed by atoms with van der Waals surface area (Å²) >= 11 is 0. The van der Waals surface area contributed by atoms with Crippen LogP contribution in [0.3, 0.4) is 0 Å². The Morgan fingerprint density at radius 1 is 1.50 bits per heavy atom. The van der Waals surface area contributed by atoms with E-state index in [0.717, 1.165) is 0 Å². The second-order valence-electron chi connectivity index (χ2n) is 3.83. The SMILES string of the molecule is CN(CC(=O)OC(C)(C)C)C(=N)N.Cl. The Labute approximate surface area is 90.5 Å². The number of likely N-dealkylation sites (N-methyl/N-ethyl adjacent to an activating group) is 1. The molecule has 0 saturated carbocycles. The summed E-state index contributed by atoms with van der Waals surface area (Å²) in [6.45, 7) is 5.38. The van der Waals surface area contributed by atoms with Crippen LogP contribution in [-0.4, -0.2) is 36.0 Å². The van der Waals surface area contributed by atoms with Crippen LogP contribution in [0.25, 0.3) is 0 Å². The van der Waals surface area contributed by atoms with Gasteiger partial charge >= 0.3 is 5.97 Å². The van der Waals surface area contributed by atoms with Crippen molar-refractivity contribution in [1.29, 1.82) is 5.41 Å². The fourth-order valence-electron chi connectivity index (χ4n) is 0.653. The number of hydrogen-bond acceptors (Lipinski definition) is 3. The van der Waals surface area contributed by atoms with Crippen LogP contribution in [0.4, 0.5) is 0 Å². The van der Waals surface area contributed by atoms with Crippen molar-refractivity contribution in [3.8, 4) is 0 Å². The van der Waals surface area contributed by atoms with Crippen LogP contribution in [0.1, 0.15) is 20.8 Å². The molecule has 0 saturated heterocycles. The lowest BCUT2D eigenvalue weighted by molar-refractivity contribution is -0.154. The van der Waals surface area contributed by atoms with E-state index in [9.17, 15) is 4.79 Å². The first-order valence-corrected chi connectivity index (χ1v) is 3.99. The van der Waals surface area contributed by atoms with E-state index in [1.807, 2.05) is 0 Å². The van der Waals surface area contributed by atoms with Gasteiger partial charge in [0.05, 0.1) is 0 Å². The molecule has 0 aliphatic rings. The molecule has 0 heterocycles. The Morgan fingerprint density at radius 3 is 2.21 bits per heavy atom. The Morgan fingerprint density at radius 2 is 1.93 bits per heavy atom. The Balaban J connectivity index is 0. The number of hydrogen-bond donors (Lipinski definition) is 2. The molecule has 0 aliphatic heterocycles. The van der Waals surface area contributed by atoms with Gasteiger partial charge in [-0.3, -0.25) is 10.2 Å². The van der Waals surface area contributed by atoms with Gasteiger partial charge in [0.15, 0.2) is 5.96 Å². The minimum atomic E-state index is -0.491. The van der Waals surface area contributed by atoms with Crippen LogP contribution >= 0.6 is 12.4 Å². The van der Waals surface area contributed by atoms with Crippen LogP contribution in [0, 0.1) is 5.41 Å². The quantitative estimate of drug-likeness (QED) is 0.408. The summed E-state index contributed by atoms with van der Waals surface area (Å²) in [5.74, 6) is -0.531. The number of carbonyl (C=O) groups excluding carboxylic acids is 1. The monoisotopic (exact) mass is 223 g/mol. The van der Waals surface area contributed by atoms with Gasteiger partial charge in [0, 0.05) is 7.05 Å². The Kier molecular flexibility index (Phi) is 6.31. The molecule has 0 fully saturated rings. The predicted octanol–water partition coefficient (Wildman–Crippen LogP) is 0.575. The van der Waals surface area contributed by atoms with Gasteiger partial charge in [0.2, 0.25) is 0 Å². The number of nitrogens with one attached hydrogen (secondary N) is 1. The molecule has 0 aromatic carbocycles. The van der Waals surface area contributed by atoms with E-state index in [1.165, 1.54) is 4.90 Å². The Bertz CT molecular complexity index is 213. The lowest BCUT2D eigenvalue weighted by Gasteiger charge is -2.22. The molecule has 0 bridgehead atoms. The number of rotatable bonds is 2. The molecular formula is C8H18ClN3O2. The lowest BCUT2D eigenvalue weighted by Crippen LogP contribution is -2.39. The summed E-state index contributed by atoms with van der Waals surface area (Å²) < 4.78 is 5.03. The summed E-state index contributed by atoms with van der Waals surface area (Å²) in [5, 5.41) is 7.02. The molecule has 5 nitrogen and oxygen atoms in total. The molecule has 0 aromatic heterocycles. The van der Waals surface area contributed by atoms with E-state index in [4.69, 9.17) is 15.9 Å². The summed E-state index contributed by atoms with van der Waals surface area (Å²) in [4.78, 5) is 12.5. The van der Waals surface area contributed by atoms with E-state index < -0.39 is 5.60 Å². The number of guanidine groups is 1. The fraction of sp³-hybridized carbons (Fsp3) is 0.750. The standard InChI is InChI=1S/C8H17N3O2.ClH/c1-8(2,3)13-6(12)5-11(4)7(9)10;/h5H2,1-4H3,(H3,9,10);1H. The van der Waals surface area contributed by atoms with Gasteiger partial charge in [-0.1, -0.05) is 0 Å². The number of nitrogens with zero attached hydrogens (tertiary/aromatic N) is 1. The van der Waals surface area contributed by atoms with E-state index >= 15 is 0 Å². The molecule has 0 rings (SSSR count). The maximum absolute atomic E-state index is 11.2. The first-order chi connectivity index (χ1) is 5.72. The maximum atomic E-state index is 11.2. The smallest absolute Gasteiger partial charge is 0.326 e. The third-order valence-electron chi connectivity index (χ3n) is 1.20. The van der Waals surface area contributed by atoms with Crippen molar-refractivity contribution < 1.29 is 9.53 Å². The van der Waals surface area contributed by atoms with Gasteiger partial charge in [0.25, 0.3) is 0 Å². The van der Waals surface area contributed by atoms with Crippen molar-refractivity contribution in [3.05, 3.63) is 0 Å². The highest BCUT2D eigenvalue weighted by Crippen LogP contribution is 2.06. The average Bonchev–Trinajstić information content (AvgIpc) is 1.81. The number of nitrogens with two attached hydrogens (primary N) is 1. The van der Waals surface area contributed by atoms with Gasteiger partial charge in [0.1, 0.15) is 12.1 Å². The maximum Gasteiger partial charge on any atom is 0.326 e.